The van der Waals surface area contributed by atoms with Crippen LogP contribution in [-0.4, -0.2) is 29.9 Å². The Hall–Kier alpha value is -2.51. The Labute approximate surface area is 152 Å². The molecule has 126 valence electrons. The summed E-state index contributed by atoms with van der Waals surface area (Å²) >= 11 is 6.14. The van der Waals surface area contributed by atoms with Crippen molar-refractivity contribution in [2.75, 3.05) is 18.0 Å². The number of carbonyl (C=O) groups is 1. The summed E-state index contributed by atoms with van der Waals surface area (Å²) in [6.45, 7) is 1.34. The van der Waals surface area contributed by atoms with E-state index in [9.17, 15) is 10.1 Å². The first-order valence-electron chi connectivity index (χ1n) is 8.54. The molecule has 2 aromatic rings. The first-order valence-corrected chi connectivity index (χ1v) is 8.92. The van der Waals surface area contributed by atoms with E-state index in [4.69, 9.17) is 11.6 Å². The van der Waals surface area contributed by atoms with Crippen molar-refractivity contribution in [3.8, 4) is 17.3 Å². The Bertz CT molecular complexity index is 873. The van der Waals surface area contributed by atoms with Gasteiger partial charge in [0.15, 0.2) is 6.19 Å². The number of carbonyl (C=O) groups excluding carboxylic acids is 1. The number of nitrogens with zero attached hydrogens (tertiary/aromatic N) is 3. The van der Waals surface area contributed by atoms with Crippen LogP contribution in [0.4, 0.5) is 5.69 Å². The predicted molar refractivity (Wildman–Crippen MR) is 98.3 cm³/mol. The van der Waals surface area contributed by atoms with Gasteiger partial charge in [-0.05, 0) is 54.2 Å². The van der Waals surface area contributed by atoms with Crippen molar-refractivity contribution in [2.45, 2.75) is 25.3 Å². The molecule has 0 aromatic heterocycles. The molecule has 1 fully saturated rings. The van der Waals surface area contributed by atoms with Crippen LogP contribution in [0.15, 0.2) is 42.5 Å². The Morgan fingerprint density at radius 1 is 1.20 bits per heavy atom. The second kappa shape index (κ2) is 6.42. The number of nitriles is 1. The predicted octanol–water partition coefficient (Wildman–Crippen LogP) is 3.84. The molecule has 0 saturated carbocycles. The summed E-state index contributed by atoms with van der Waals surface area (Å²) in [6, 6.07) is 13.5. The van der Waals surface area contributed by atoms with Gasteiger partial charge in [0, 0.05) is 23.8 Å². The van der Waals surface area contributed by atoms with Crippen LogP contribution < -0.4 is 4.90 Å². The fourth-order valence-corrected chi connectivity index (χ4v) is 4.10. The van der Waals surface area contributed by atoms with Gasteiger partial charge in [-0.2, -0.15) is 5.26 Å². The summed E-state index contributed by atoms with van der Waals surface area (Å²) in [4.78, 5) is 16.5. The zero-order valence-corrected chi connectivity index (χ0v) is 14.5. The SMILES string of the molecule is N#CN1CCCC1C(=O)N1CCc2c(-c3cccc(Cl)c3)cccc21. The highest BCUT2D eigenvalue weighted by Crippen LogP contribution is 2.37. The minimum absolute atomic E-state index is 0.0426. The normalized spacial score (nSPS) is 19.0. The zero-order valence-electron chi connectivity index (χ0n) is 13.8. The van der Waals surface area contributed by atoms with E-state index in [1.165, 1.54) is 5.56 Å². The highest BCUT2D eigenvalue weighted by molar-refractivity contribution is 6.30. The molecule has 4 nitrogen and oxygen atoms in total. The minimum Gasteiger partial charge on any atom is -0.310 e. The molecule has 4 rings (SSSR count). The van der Waals surface area contributed by atoms with Crippen molar-refractivity contribution in [3.63, 3.8) is 0 Å². The van der Waals surface area contributed by atoms with Gasteiger partial charge in [-0.1, -0.05) is 35.9 Å². The Balaban J connectivity index is 1.69. The average Bonchev–Trinajstić information content (AvgIpc) is 3.27. The largest absolute Gasteiger partial charge is 0.310 e. The molecule has 0 N–H and O–H groups in total. The molecular formula is C20H18ClN3O. The number of amides is 1. The zero-order chi connectivity index (χ0) is 17.4. The summed E-state index contributed by atoms with van der Waals surface area (Å²) in [5.41, 5.74) is 4.34. The number of anilines is 1. The monoisotopic (exact) mass is 351 g/mol. The third-order valence-electron chi connectivity index (χ3n) is 5.10. The highest BCUT2D eigenvalue weighted by Gasteiger charge is 2.36. The first-order chi connectivity index (χ1) is 12.2. The third-order valence-corrected chi connectivity index (χ3v) is 5.33. The van der Waals surface area contributed by atoms with E-state index in [0.717, 1.165) is 36.1 Å². The van der Waals surface area contributed by atoms with E-state index >= 15 is 0 Å². The molecule has 2 aliphatic heterocycles. The highest BCUT2D eigenvalue weighted by atomic mass is 35.5. The quantitative estimate of drug-likeness (QED) is 0.772. The Kier molecular flexibility index (Phi) is 4.10. The van der Waals surface area contributed by atoms with Gasteiger partial charge in [0.25, 0.3) is 0 Å². The van der Waals surface area contributed by atoms with Crippen LogP contribution in [0.5, 0.6) is 0 Å². The van der Waals surface area contributed by atoms with Crippen molar-refractivity contribution in [1.82, 2.24) is 4.90 Å². The van der Waals surface area contributed by atoms with Crippen molar-refractivity contribution in [3.05, 3.63) is 53.1 Å². The molecule has 5 heteroatoms. The van der Waals surface area contributed by atoms with Crippen molar-refractivity contribution in [1.29, 1.82) is 5.26 Å². The average molecular weight is 352 g/mol. The summed E-state index contributed by atoms with van der Waals surface area (Å²) < 4.78 is 0. The van der Waals surface area contributed by atoms with Crippen LogP contribution in [0.3, 0.4) is 0 Å². The lowest BCUT2D eigenvalue weighted by Gasteiger charge is -2.25. The topological polar surface area (TPSA) is 47.3 Å². The van der Waals surface area contributed by atoms with Crippen LogP contribution in [0, 0.1) is 11.5 Å². The van der Waals surface area contributed by atoms with Crippen LogP contribution in [0.1, 0.15) is 18.4 Å². The fraction of sp³-hybridized carbons (Fsp3) is 0.300. The molecule has 1 unspecified atom stereocenters. The molecule has 25 heavy (non-hydrogen) atoms. The lowest BCUT2D eigenvalue weighted by atomic mass is 9.98. The number of hydrogen-bond donors (Lipinski definition) is 0. The summed E-state index contributed by atoms with van der Waals surface area (Å²) in [6.07, 6.45) is 4.63. The molecule has 2 aliphatic rings. The molecule has 1 atom stereocenters. The van der Waals surface area contributed by atoms with E-state index in [1.54, 1.807) is 4.90 Å². The molecule has 1 amide bonds. The van der Waals surface area contributed by atoms with Gasteiger partial charge in [-0.15, -0.1) is 0 Å². The van der Waals surface area contributed by atoms with Crippen LogP contribution in [0.2, 0.25) is 5.02 Å². The van der Waals surface area contributed by atoms with Crippen LogP contribution in [-0.2, 0) is 11.2 Å². The molecule has 0 radical (unpaired) electrons. The number of halogens is 1. The Morgan fingerprint density at radius 3 is 2.84 bits per heavy atom. The van der Waals surface area contributed by atoms with E-state index in [2.05, 4.69) is 12.3 Å². The molecule has 0 aliphatic carbocycles. The summed E-state index contributed by atoms with van der Waals surface area (Å²) in [5.74, 6) is 0.0426. The second-order valence-corrected chi connectivity index (χ2v) is 6.94. The van der Waals surface area contributed by atoms with Gasteiger partial charge < -0.3 is 4.90 Å². The van der Waals surface area contributed by atoms with Crippen LogP contribution >= 0.6 is 11.6 Å². The van der Waals surface area contributed by atoms with E-state index in [-0.39, 0.29) is 11.9 Å². The first kappa shape index (κ1) is 16.0. The maximum atomic E-state index is 13.0. The van der Waals surface area contributed by atoms with Gasteiger partial charge in [-0.3, -0.25) is 9.69 Å². The van der Waals surface area contributed by atoms with E-state index < -0.39 is 0 Å². The molecular weight excluding hydrogens is 334 g/mol. The third kappa shape index (κ3) is 2.75. The van der Waals surface area contributed by atoms with Crippen molar-refractivity contribution >= 4 is 23.2 Å². The number of benzene rings is 2. The maximum Gasteiger partial charge on any atom is 0.250 e. The van der Waals surface area contributed by atoms with Gasteiger partial charge >= 0.3 is 0 Å². The van der Waals surface area contributed by atoms with Crippen molar-refractivity contribution in [2.24, 2.45) is 0 Å². The van der Waals surface area contributed by atoms with Crippen LogP contribution in [0.25, 0.3) is 11.1 Å². The van der Waals surface area contributed by atoms with Gasteiger partial charge in [0.2, 0.25) is 5.91 Å². The maximum absolute atomic E-state index is 13.0. The lowest BCUT2D eigenvalue weighted by Crippen LogP contribution is -2.43. The summed E-state index contributed by atoms with van der Waals surface area (Å²) in [5, 5.41) is 9.94. The second-order valence-electron chi connectivity index (χ2n) is 6.50. The van der Waals surface area contributed by atoms with Gasteiger partial charge in [0.1, 0.15) is 6.04 Å². The minimum atomic E-state index is -0.314. The number of likely N-dealkylation sites (tertiary alicyclic amines) is 1. The molecule has 0 bridgehead atoms. The van der Waals surface area contributed by atoms with E-state index in [0.29, 0.717) is 18.1 Å². The molecule has 2 aromatic carbocycles. The Morgan fingerprint density at radius 2 is 2.04 bits per heavy atom. The number of hydrogen-bond acceptors (Lipinski definition) is 3. The molecule has 2 heterocycles. The smallest absolute Gasteiger partial charge is 0.250 e. The number of fused-ring (bicyclic) bond motifs is 1. The number of rotatable bonds is 2. The van der Waals surface area contributed by atoms with Gasteiger partial charge in [-0.25, -0.2) is 0 Å². The molecule has 1 saturated heterocycles. The molecule has 0 spiro atoms. The standard InChI is InChI=1S/C20H18ClN3O/c21-15-5-1-4-14(12-15)16-6-2-7-18-17(16)9-11-24(18)20(25)19-8-3-10-23(19)13-22/h1-2,4-7,12,19H,3,8-11H2. The lowest BCUT2D eigenvalue weighted by molar-refractivity contribution is -0.121. The van der Waals surface area contributed by atoms with Crippen molar-refractivity contribution < 1.29 is 4.79 Å². The van der Waals surface area contributed by atoms with Gasteiger partial charge in [0.05, 0.1) is 0 Å². The summed E-state index contributed by atoms with van der Waals surface area (Å²) in [7, 11) is 0. The van der Waals surface area contributed by atoms with E-state index in [1.807, 2.05) is 41.3 Å². The fourth-order valence-electron chi connectivity index (χ4n) is 3.91.